The Balaban J connectivity index is 1.53. The number of rotatable bonds is 4. The van der Waals surface area contributed by atoms with Crippen LogP contribution in [-0.2, 0) is 14.8 Å². The van der Waals surface area contributed by atoms with Crippen molar-refractivity contribution >= 4 is 21.8 Å². The number of amides is 2. The maximum absolute atomic E-state index is 12.7. The van der Waals surface area contributed by atoms with Crippen LogP contribution < -0.4 is 10.9 Å². The van der Waals surface area contributed by atoms with E-state index in [-0.39, 0.29) is 23.9 Å². The topological polar surface area (TPSA) is 119 Å². The molecular formula is C20H20N4O4S. The number of nitrogens with one attached hydrogen (secondary N) is 2. The number of carbonyl (C=O) groups excluding carboxylic acids is 2. The summed E-state index contributed by atoms with van der Waals surface area (Å²) in [6, 6.07) is 16.2. The summed E-state index contributed by atoms with van der Waals surface area (Å²) < 4.78 is 26.8. The summed E-state index contributed by atoms with van der Waals surface area (Å²) in [5, 5.41) is 8.83. The minimum Gasteiger partial charge on any atom is -0.273 e. The molecule has 0 aliphatic carbocycles. The van der Waals surface area contributed by atoms with Gasteiger partial charge >= 0.3 is 0 Å². The molecule has 0 atom stereocenters. The van der Waals surface area contributed by atoms with Gasteiger partial charge in [0.05, 0.1) is 16.5 Å². The number of sulfonamides is 1. The molecule has 0 unspecified atom stereocenters. The molecule has 0 aromatic heterocycles. The van der Waals surface area contributed by atoms with Crippen molar-refractivity contribution in [1.29, 1.82) is 5.26 Å². The van der Waals surface area contributed by atoms with Crippen LogP contribution in [-0.4, -0.2) is 37.6 Å². The normalized spacial score (nSPS) is 15.3. The van der Waals surface area contributed by atoms with Crippen molar-refractivity contribution < 1.29 is 18.0 Å². The highest BCUT2D eigenvalue weighted by molar-refractivity contribution is 7.89. The molecule has 1 aliphatic heterocycles. The van der Waals surface area contributed by atoms with Gasteiger partial charge in [-0.2, -0.15) is 9.57 Å². The minimum absolute atomic E-state index is 0.120. The van der Waals surface area contributed by atoms with E-state index in [1.807, 2.05) is 6.07 Å². The molecule has 9 heteroatoms. The van der Waals surface area contributed by atoms with Crippen LogP contribution in [0.15, 0.2) is 59.5 Å². The lowest BCUT2D eigenvalue weighted by Crippen LogP contribution is -2.48. The molecule has 1 heterocycles. The summed E-state index contributed by atoms with van der Waals surface area (Å²) in [6.07, 6.45) is 0.700. The number of hydrogen-bond donors (Lipinski definition) is 2. The van der Waals surface area contributed by atoms with Crippen LogP contribution >= 0.6 is 0 Å². The van der Waals surface area contributed by atoms with Gasteiger partial charge in [-0.05, 0) is 49.2 Å². The average molecular weight is 412 g/mol. The van der Waals surface area contributed by atoms with E-state index in [2.05, 4.69) is 10.9 Å². The standard InChI is InChI=1S/C20H20N4O4S/c21-14-15-6-8-18(9-7-15)29(27,28)24-12-10-17(11-13-24)20(26)23-22-19(25)16-4-2-1-3-5-16/h1-9,17H,10-13H2,(H,22,25)(H,23,26). The molecule has 1 fully saturated rings. The van der Waals surface area contributed by atoms with E-state index in [1.165, 1.54) is 28.6 Å². The Morgan fingerprint density at radius 3 is 2.17 bits per heavy atom. The van der Waals surface area contributed by atoms with E-state index in [0.29, 0.717) is 24.0 Å². The van der Waals surface area contributed by atoms with Crippen LogP contribution in [0.5, 0.6) is 0 Å². The van der Waals surface area contributed by atoms with Gasteiger partial charge in [0, 0.05) is 24.6 Å². The molecule has 150 valence electrons. The molecule has 1 saturated heterocycles. The predicted molar refractivity (Wildman–Crippen MR) is 105 cm³/mol. The first kappa shape index (κ1) is 20.5. The van der Waals surface area contributed by atoms with Gasteiger partial charge in [-0.15, -0.1) is 0 Å². The number of carbonyl (C=O) groups is 2. The molecule has 2 aromatic carbocycles. The number of hydrazine groups is 1. The second kappa shape index (κ2) is 8.86. The Kier molecular flexibility index (Phi) is 6.26. The molecule has 0 spiro atoms. The molecule has 2 aromatic rings. The molecule has 8 nitrogen and oxygen atoms in total. The lowest BCUT2D eigenvalue weighted by atomic mass is 9.98. The zero-order valence-corrected chi connectivity index (χ0v) is 16.4. The number of hydrogen-bond acceptors (Lipinski definition) is 5. The summed E-state index contributed by atoms with van der Waals surface area (Å²) in [5.74, 6) is -1.15. The molecule has 2 amide bonds. The van der Waals surface area contributed by atoms with Crippen molar-refractivity contribution in [2.24, 2.45) is 5.92 Å². The zero-order valence-electron chi connectivity index (χ0n) is 15.5. The van der Waals surface area contributed by atoms with Gasteiger partial charge in [0.1, 0.15) is 0 Å². The van der Waals surface area contributed by atoms with Crippen molar-refractivity contribution in [1.82, 2.24) is 15.2 Å². The van der Waals surface area contributed by atoms with E-state index in [4.69, 9.17) is 5.26 Å². The Bertz CT molecular complexity index is 1020. The maximum Gasteiger partial charge on any atom is 0.269 e. The molecule has 3 rings (SSSR count). The van der Waals surface area contributed by atoms with Crippen LogP contribution in [0.1, 0.15) is 28.8 Å². The molecular weight excluding hydrogens is 392 g/mol. The highest BCUT2D eigenvalue weighted by Gasteiger charge is 2.32. The van der Waals surface area contributed by atoms with Gasteiger partial charge in [-0.1, -0.05) is 18.2 Å². The lowest BCUT2D eigenvalue weighted by molar-refractivity contribution is -0.126. The first-order valence-corrected chi connectivity index (χ1v) is 10.5. The third-order valence-corrected chi connectivity index (χ3v) is 6.69. The van der Waals surface area contributed by atoms with E-state index in [0.717, 1.165) is 0 Å². The fourth-order valence-corrected chi connectivity index (χ4v) is 4.56. The molecule has 2 N–H and O–H groups in total. The van der Waals surface area contributed by atoms with Crippen molar-refractivity contribution in [3.63, 3.8) is 0 Å². The van der Waals surface area contributed by atoms with E-state index in [1.54, 1.807) is 30.3 Å². The maximum atomic E-state index is 12.7. The molecule has 0 radical (unpaired) electrons. The number of nitrogens with zero attached hydrogens (tertiary/aromatic N) is 2. The molecule has 1 aliphatic rings. The molecule has 0 saturated carbocycles. The van der Waals surface area contributed by atoms with Crippen LogP contribution in [0.3, 0.4) is 0 Å². The van der Waals surface area contributed by atoms with Gasteiger partial charge in [0.25, 0.3) is 5.91 Å². The number of piperidine rings is 1. The van der Waals surface area contributed by atoms with Gasteiger partial charge < -0.3 is 0 Å². The fraction of sp³-hybridized carbons (Fsp3) is 0.250. The Morgan fingerprint density at radius 2 is 1.59 bits per heavy atom. The summed E-state index contributed by atoms with van der Waals surface area (Å²) >= 11 is 0. The molecule has 29 heavy (non-hydrogen) atoms. The van der Waals surface area contributed by atoms with Crippen molar-refractivity contribution in [3.05, 3.63) is 65.7 Å². The largest absolute Gasteiger partial charge is 0.273 e. The molecule has 0 bridgehead atoms. The Hall–Kier alpha value is -3.22. The van der Waals surface area contributed by atoms with Crippen molar-refractivity contribution in [2.75, 3.05) is 13.1 Å². The Labute approximate surface area is 169 Å². The number of benzene rings is 2. The van der Waals surface area contributed by atoms with Gasteiger partial charge in [0.2, 0.25) is 15.9 Å². The summed E-state index contributed by atoms with van der Waals surface area (Å²) in [7, 11) is -3.68. The van der Waals surface area contributed by atoms with Crippen molar-refractivity contribution in [3.8, 4) is 6.07 Å². The first-order valence-electron chi connectivity index (χ1n) is 9.07. The fourth-order valence-electron chi connectivity index (χ4n) is 3.09. The quantitative estimate of drug-likeness (QED) is 0.736. The minimum atomic E-state index is -3.68. The van der Waals surface area contributed by atoms with Crippen LogP contribution in [0.2, 0.25) is 0 Å². The summed E-state index contributed by atoms with van der Waals surface area (Å²) in [5.41, 5.74) is 5.60. The monoisotopic (exact) mass is 412 g/mol. The van der Waals surface area contributed by atoms with E-state index >= 15 is 0 Å². The smallest absolute Gasteiger partial charge is 0.269 e. The summed E-state index contributed by atoms with van der Waals surface area (Å²) in [4.78, 5) is 24.4. The van der Waals surface area contributed by atoms with E-state index < -0.39 is 21.8 Å². The summed E-state index contributed by atoms with van der Waals surface area (Å²) in [6.45, 7) is 0.403. The van der Waals surface area contributed by atoms with E-state index in [9.17, 15) is 18.0 Å². The predicted octanol–water partition coefficient (Wildman–Crippen LogP) is 1.42. The third kappa shape index (κ3) is 4.80. The highest BCUT2D eigenvalue weighted by Crippen LogP contribution is 2.24. The second-order valence-electron chi connectivity index (χ2n) is 6.62. The third-order valence-electron chi connectivity index (χ3n) is 4.78. The van der Waals surface area contributed by atoms with Crippen LogP contribution in [0.4, 0.5) is 0 Å². The van der Waals surface area contributed by atoms with Crippen molar-refractivity contribution in [2.45, 2.75) is 17.7 Å². The van der Waals surface area contributed by atoms with Crippen LogP contribution in [0.25, 0.3) is 0 Å². The van der Waals surface area contributed by atoms with Gasteiger partial charge in [-0.25, -0.2) is 8.42 Å². The lowest BCUT2D eigenvalue weighted by Gasteiger charge is -2.30. The number of nitriles is 1. The zero-order chi connectivity index (χ0) is 20.9. The first-order chi connectivity index (χ1) is 13.9. The Morgan fingerprint density at radius 1 is 0.966 bits per heavy atom. The highest BCUT2D eigenvalue weighted by atomic mass is 32.2. The van der Waals surface area contributed by atoms with Crippen LogP contribution in [0, 0.1) is 17.2 Å². The average Bonchev–Trinajstić information content (AvgIpc) is 2.78. The second-order valence-corrected chi connectivity index (χ2v) is 8.56. The van der Waals surface area contributed by atoms with Gasteiger partial charge in [-0.3, -0.25) is 20.4 Å². The SMILES string of the molecule is N#Cc1ccc(S(=O)(=O)N2CCC(C(=O)NNC(=O)c3ccccc3)CC2)cc1. The van der Waals surface area contributed by atoms with Gasteiger partial charge in [0.15, 0.2) is 0 Å².